The van der Waals surface area contributed by atoms with Gasteiger partial charge in [0.2, 0.25) is 0 Å². The summed E-state index contributed by atoms with van der Waals surface area (Å²) < 4.78 is 46.1. The first-order valence-corrected chi connectivity index (χ1v) is 11.4. The summed E-state index contributed by atoms with van der Waals surface area (Å²) in [5, 5.41) is 2.74. The molecule has 1 fully saturated rings. The van der Waals surface area contributed by atoms with Crippen LogP contribution in [0.2, 0.25) is 0 Å². The van der Waals surface area contributed by atoms with E-state index in [9.17, 15) is 18.0 Å². The fraction of sp³-hybridized carbons (Fsp3) is 0.346. The topological polar surface area (TPSA) is 46.5 Å². The minimum atomic E-state index is -4.41. The Labute approximate surface area is 197 Å². The average Bonchev–Trinajstić information content (AvgIpc) is 3.16. The van der Waals surface area contributed by atoms with Gasteiger partial charge in [-0.25, -0.2) is 0 Å². The maximum absolute atomic E-state index is 13.1. The number of nitrogens with one attached hydrogen (secondary N) is 1. The highest BCUT2D eigenvalue weighted by molar-refractivity contribution is 6.06. The van der Waals surface area contributed by atoms with E-state index in [0.717, 1.165) is 74.9 Å². The first-order chi connectivity index (χ1) is 16.3. The van der Waals surface area contributed by atoms with E-state index in [-0.39, 0.29) is 5.91 Å². The molecule has 1 amide bonds. The van der Waals surface area contributed by atoms with Crippen molar-refractivity contribution in [2.45, 2.75) is 26.1 Å². The number of ether oxygens (including phenoxy) is 1. The molecule has 0 spiro atoms. The van der Waals surface area contributed by atoms with Gasteiger partial charge in [0, 0.05) is 43.3 Å². The van der Waals surface area contributed by atoms with Crippen molar-refractivity contribution in [3.8, 4) is 11.3 Å². The molecule has 0 saturated carbocycles. The van der Waals surface area contributed by atoms with Gasteiger partial charge >= 0.3 is 6.18 Å². The lowest BCUT2D eigenvalue weighted by Gasteiger charge is -2.26. The van der Waals surface area contributed by atoms with Crippen LogP contribution in [0.3, 0.4) is 0 Å². The van der Waals surface area contributed by atoms with Crippen molar-refractivity contribution in [3.05, 3.63) is 77.5 Å². The molecule has 0 bridgehead atoms. The second kappa shape index (κ2) is 10.4. The lowest BCUT2D eigenvalue weighted by atomic mass is 10.1. The monoisotopic (exact) mass is 471 g/mol. The van der Waals surface area contributed by atoms with Gasteiger partial charge < -0.3 is 14.6 Å². The zero-order valence-corrected chi connectivity index (χ0v) is 19.1. The second-order valence-corrected chi connectivity index (χ2v) is 8.38. The molecule has 8 heteroatoms. The Morgan fingerprint density at radius 3 is 2.32 bits per heavy atom. The summed E-state index contributed by atoms with van der Waals surface area (Å²) >= 11 is 0. The Hall–Kier alpha value is -3.10. The molecule has 0 aliphatic carbocycles. The first-order valence-electron chi connectivity index (χ1n) is 11.4. The van der Waals surface area contributed by atoms with E-state index in [4.69, 9.17) is 4.74 Å². The van der Waals surface area contributed by atoms with E-state index < -0.39 is 11.7 Å². The highest BCUT2D eigenvalue weighted by atomic mass is 19.4. The Bertz CT molecular complexity index is 1100. The summed E-state index contributed by atoms with van der Waals surface area (Å²) in [4.78, 5) is 15.4. The van der Waals surface area contributed by atoms with Gasteiger partial charge in [0.15, 0.2) is 0 Å². The van der Waals surface area contributed by atoms with Crippen molar-refractivity contribution in [1.82, 2.24) is 9.47 Å². The first kappa shape index (κ1) is 24.0. The molecule has 1 aliphatic rings. The van der Waals surface area contributed by atoms with E-state index in [1.54, 1.807) is 0 Å². The number of carbonyl (C=O) groups is 1. The maximum atomic E-state index is 13.1. The number of hydrogen-bond acceptors (Lipinski definition) is 3. The quantitative estimate of drug-likeness (QED) is 0.498. The number of carbonyl (C=O) groups excluding carboxylic acids is 1. The Morgan fingerprint density at radius 1 is 1.00 bits per heavy atom. The predicted octanol–water partition coefficient (Wildman–Crippen LogP) is 5.46. The molecule has 180 valence electrons. The van der Waals surface area contributed by atoms with Crippen LogP contribution < -0.4 is 5.32 Å². The molecule has 0 radical (unpaired) electrons. The number of alkyl halides is 3. The number of anilines is 1. The normalized spacial score (nSPS) is 14.8. The fourth-order valence-corrected chi connectivity index (χ4v) is 4.23. The van der Waals surface area contributed by atoms with E-state index in [2.05, 4.69) is 14.8 Å². The zero-order valence-electron chi connectivity index (χ0n) is 19.1. The van der Waals surface area contributed by atoms with Crippen LogP contribution in [-0.2, 0) is 17.5 Å². The number of morpholine rings is 1. The molecule has 0 unspecified atom stereocenters. The van der Waals surface area contributed by atoms with Gasteiger partial charge in [-0.2, -0.15) is 13.2 Å². The molecule has 2 aromatic carbocycles. The number of hydrogen-bond donors (Lipinski definition) is 1. The van der Waals surface area contributed by atoms with Gasteiger partial charge in [0.1, 0.15) is 0 Å². The molecule has 0 atom stereocenters. The molecule has 2 heterocycles. The molecule has 5 nitrogen and oxygen atoms in total. The van der Waals surface area contributed by atoms with Crippen molar-refractivity contribution in [2.75, 3.05) is 38.2 Å². The smallest absolute Gasteiger partial charge is 0.379 e. The van der Waals surface area contributed by atoms with Crippen LogP contribution in [0.25, 0.3) is 11.3 Å². The van der Waals surface area contributed by atoms with Gasteiger partial charge in [0.05, 0.1) is 24.3 Å². The number of benzene rings is 2. The number of nitrogens with zero attached hydrogens (tertiary/aromatic N) is 2. The van der Waals surface area contributed by atoms with Crippen molar-refractivity contribution >= 4 is 11.6 Å². The molecular formula is C26H28F3N3O2. The summed E-state index contributed by atoms with van der Waals surface area (Å²) in [6.07, 6.45) is -3.49. The summed E-state index contributed by atoms with van der Waals surface area (Å²) in [5.41, 5.74) is 2.84. The number of amides is 1. The van der Waals surface area contributed by atoms with Crippen LogP contribution in [0.4, 0.5) is 18.9 Å². The minimum Gasteiger partial charge on any atom is -0.379 e. The van der Waals surface area contributed by atoms with E-state index >= 15 is 0 Å². The summed E-state index contributed by atoms with van der Waals surface area (Å²) in [6, 6.07) is 16.2. The van der Waals surface area contributed by atoms with Crippen molar-refractivity contribution in [2.24, 2.45) is 0 Å². The lowest BCUT2D eigenvalue weighted by Crippen LogP contribution is -2.37. The molecule has 3 aromatic rings. The van der Waals surface area contributed by atoms with Gasteiger partial charge in [-0.3, -0.25) is 9.69 Å². The highest BCUT2D eigenvalue weighted by Crippen LogP contribution is 2.30. The van der Waals surface area contributed by atoms with Crippen LogP contribution in [0.15, 0.2) is 60.7 Å². The van der Waals surface area contributed by atoms with E-state index in [0.29, 0.717) is 11.3 Å². The Morgan fingerprint density at radius 2 is 1.68 bits per heavy atom. The third-order valence-corrected chi connectivity index (χ3v) is 6.11. The van der Waals surface area contributed by atoms with Gasteiger partial charge in [0.25, 0.3) is 5.91 Å². The summed E-state index contributed by atoms with van der Waals surface area (Å²) in [6.45, 7) is 6.97. The summed E-state index contributed by atoms with van der Waals surface area (Å²) in [7, 11) is 0. The fourth-order valence-electron chi connectivity index (χ4n) is 4.23. The number of halogens is 3. The summed E-state index contributed by atoms with van der Waals surface area (Å²) in [5.74, 6) is -0.346. The SMILES string of the molecule is Cc1c(C(=O)Nc2ccc(C(F)(F)F)cc2)cc(-c2ccccc2)n1CCCN1CCOCC1. The third kappa shape index (κ3) is 5.69. The van der Waals surface area contributed by atoms with Crippen LogP contribution >= 0.6 is 0 Å². The van der Waals surface area contributed by atoms with E-state index in [1.807, 2.05) is 43.3 Å². The molecule has 4 rings (SSSR count). The van der Waals surface area contributed by atoms with Gasteiger partial charge in [-0.05, 0) is 49.2 Å². The van der Waals surface area contributed by atoms with Crippen molar-refractivity contribution < 1.29 is 22.7 Å². The molecule has 34 heavy (non-hydrogen) atoms. The highest BCUT2D eigenvalue weighted by Gasteiger charge is 2.30. The predicted molar refractivity (Wildman–Crippen MR) is 126 cm³/mol. The molecule has 1 N–H and O–H groups in total. The van der Waals surface area contributed by atoms with Crippen LogP contribution in [0, 0.1) is 6.92 Å². The van der Waals surface area contributed by atoms with Crippen LogP contribution in [0.5, 0.6) is 0 Å². The molecule has 1 aliphatic heterocycles. The molecular weight excluding hydrogens is 443 g/mol. The second-order valence-electron chi connectivity index (χ2n) is 8.38. The largest absolute Gasteiger partial charge is 0.416 e. The molecule has 1 aromatic heterocycles. The zero-order chi connectivity index (χ0) is 24.1. The average molecular weight is 472 g/mol. The minimum absolute atomic E-state index is 0.318. The van der Waals surface area contributed by atoms with Crippen LogP contribution in [0.1, 0.15) is 28.0 Å². The third-order valence-electron chi connectivity index (χ3n) is 6.11. The molecule has 1 saturated heterocycles. The Balaban J connectivity index is 1.54. The van der Waals surface area contributed by atoms with Gasteiger partial charge in [-0.15, -0.1) is 0 Å². The van der Waals surface area contributed by atoms with Crippen molar-refractivity contribution in [1.29, 1.82) is 0 Å². The van der Waals surface area contributed by atoms with Crippen LogP contribution in [-0.4, -0.2) is 48.2 Å². The standard InChI is InChI=1S/C26H28F3N3O2/c1-19-23(25(33)30-22-10-8-21(9-11-22)26(27,28)29)18-24(20-6-3-2-4-7-20)32(19)13-5-12-31-14-16-34-17-15-31/h2-4,6-11,18H,5,12-17H2,1H3,(H,30,33). The number of rotatable bonds is 7. The maximum Gasteiger partial charge on any atom is 0.416 e. The van der Waals surface area contributed by atoms with Crippen molar-refractivity contribution in [3.63, 3.8) is 0 Å². The Kier molecular flexibility index (Phi) is 7.38. The lowest BCUT2D eigenvalue weighted by molar-refractivity contribution is -0.137. The van der Waals surface area contributed by atoms with Gasteiger partial charge in [-0.1, -0.05) is 30.3 Å². The number of aromatic nitrogens is 1. The van der Waals surface area contributed by atoms with E-state index in [1.165, 1.54) is 12.1 Å².